The van der Waals surface area contributed by atoms with Crippen LogP contribution in [0.4, 0.5) is 10.1 Å². The predicted octanol–water partition coefficient (Wildman–Crippen LogP) is 1.42. The molecule has 0 aliphatic rings. The molecule has 9 heteroatoms. The fraction of sp³-hybridized carbons (Fsp3) is 0.182. The fourth-order valence-corrected chi connectivity index (χ4v) is 3.31. The van der Waals surface area contributed by atoms with E-state index < -0.39 is 15.8 Å². The molecule has 0 bridgehead atoms. The Morgan fingerprint density at radius 2 is 2.20 bits per heavy atom. The van der Waals surface area contributed by atoms with Gasteiger partial charge in [0.1, 0.15) is 10.7 Å². The van der Waals surface area contributed by atoms with Crippen LogP contribution in [0, 0.1) is 9.39 Å². The zero-order chi connectivity index (χ0) is 14.8. The van der Waals surface area contributed by atoms with Gasteiger partial charge in [-0.1, -0.05) is 0 Å². The Labute approximate surface area is 128 Å². The van der Waals surface area contributed by atoms with Gasteiger partial charge in [-0.2, -0.15) is 5.10 Å². The van der Waals surface area contributed by atoms with E-state index in [4.69, 9.17) is 5.11 Å². The van der Waals surface area contributed by atoms with Crippen molar-refractivity contribution in [2.24, 2.45) is 0 Å². The molecular formula is C11H11FIN3O3S. The Balaban J connectivity index is 2.26. The molecule has 20 heavy (non-hydrogen) atoms. The van der Waals surface area contributed by atoms with Gasteiger partial charge >= 0.3 is 0 Å². The largest absolute Gasteiger partial charge is 0.394 e. The highest BCUT2D eigenvalue weighted by atomic mass is 127. The number of aliphatic hydroxyl groups excluding tert-OH is 1. The number of aromatic nitrogens is 2. The van der Waals surface area contributed by atoms with Crippen molar-refractivity contribution in [3.8, 4) is 0 Å². The third kappa shape index (κ3) is 3.46. The molecule has 0 saturated carbocycles. The van der Waals surface area contributed by atoms with Crippen molar-refractivity contribution < 1.29 is 17.9 Å². The summed E-state index contributed by atoms with van der Waals surface area (Å²) in [4.78, 5) is -0.0222. The first-order chi connectivity index (χ1) is 9.42. The molecule has 108 valence electrons. The normalized spacial score (nSPS) is 11.6. The topological polar surface area (TPSA) is 84.2 Å². The van der Waals surface area contributed by atoms with Gasteiger partial charge in [-0.05, 0) is 40.8 Å². The number of benzene rings is 1. The zero-order valence-corrected chi connectivity index (χ0v) is 13.1. The maximum atomic E-state index is 13.0. The third-order valence-electron chi connectivity index (χ3n) is 2.42. The van der Waals surface area contributed by atoms with E-state index in [9.17, 15) is 12.8 Å². The van der Waals surface area contributed by atoms with Gasteiger partial charge in [-0.3, -0.25) is 9.40 Å². The van der Waals surface area contributed by atoms with Crippen LogP contribution in [0.25, 0.3) is 0 Å². The maximum absolute atomic E-state index is 13.0. The van der Waals surface area contributed by atoms with Crippen molar-refractivity contribution in [1.82, 2.24) is 9.78 Å². The van der Waals surface area contributed by atoms with Gasteiger partial charge in [-0.15, -0.1) is 0 Å². The first kappa shape index (κ1) is 15.2. The van der Waals surface area contributed by atoms with E-state index in [1.54, 1.807) is 0 Å². The van der Waals surface area contributed by atoms with Crippen LogP contribution in [0.1, 0.15) is 0 Å². The summed E-state index contributed by atoms with van der Waals surface area (Å²) in [5, 5.41) is 12.6. The summed E-state index contributed by atoms with van der Waals surface area (Å²) in [6.45, 7) is 0.0774. The molecule has 0 atom stereocenters. The maximum Gasteiger partial charge on any atom is 0.265 e. The summed E-state index contributed by atoms with van der Waals surface area (Å²) in [7, 11) is -3.79. The van der Waals surface area contributed by atoms with Gasteiger partial charge in [0.25, 0.3) is 10.0 Å². The molecule has 1 aromatic carbocycles. The number of anilines is 1. The molecule has 0 amide bonds. The lowest BCUT2D eigenvalue weighted by Crippen LogP contribution is -2.13. The number of halogens is 2. The van der Waals surface area contributed by atoms with E-state index in [-0.39, 0.29) is 18.0 Å². The molecule has 2 rings (SSSR count). The summed E-state index contributed by atoms with van der Waals surface area (Å²) in [5.74, 6) is -0.437. The highest BCUT2D eigenvalue weighted by molar-refractivity contribution is 14.1. The molecule has 0 spiro atoms. The molecule has 0 saturated heterocycles. The van der Waals surface area contributed by atoms with Crippen LogP contribution in [-0.2, 0) is 16.6 Å². The lowest BCUT2D eigenvalue weighted by atomic mass is 10.3. The van der Waals surface area contributed by atoms with E-state index in [1.165, 1.54) is 35.3 Å². The molecule has 0 unspecified atom stereocenters. The Kier molecular flexibility index (Phi) is 4.60. The van der Waals surface area contributed by atoms with Gasteiger partial charge in [-0.25, -0.2) is 12.8 Å². The Morgan fingerprint density at radius 3 is 2.85 bits per heavy atom. The molecular weight excluding hydrogens is 400 g/mol. The van der Waals surface area contributed by atoms with Gasteiger partial charge in [0.05, 0.1) is 25.0 Å². The SMILES string of the molecule is O=S(=O)(Nc1ccc(F)cc1I)c1cnn(CCO)c1. The van der Waals surface area contributed by atoms with E-state index in [0.717, 1.165) is 0 Å². The molecule has 6 nitrogen and oxygen atoms in total. The molecule has 0 aliphatic carbocycles. The van der Waals surface area contributed by atoms with Crippen LogP contribution < -0.4 is 4.72 Å². The van der Waals surface area contributed by atoms with E-state index in [2.05, 4.69) is 9.82 Å². The van der Waals surface area contributed by atoms with Gasteiger partial charge in [0, 0.05) is 9.77 Å². The lowest BCUT2D eigenvalue weighted by Gasteiger charge is -2.08. The number of rotatable bonds is 5. The van der Waals surface area contributed by atoms with Crippen LogP contribution in [0.2, 0.25) is 0 Å². The summed E-state index contributed by atoms with van der Waals surface area (Å²) in [6, 6.07) is 3.76. The highest BCUT2D eigenvalue weighted by Gasteiger charge is 2.18. The smallest absolute Gasteiger partial charge is 0.265 e. The summed E-state index contributed by atoms with van der Waals surface area (Å²) in [6.07, 6.45) is 2.50. The molecule has 2 N–H and O–H groups in total. The van der Waals surface area contributed by atoms with Crippen molar-refractivity contribution in [1.29, 1.82) is 0 Å². The summed E-state index contributed by atoms with van der Waals surface area (Å²) >= 11 is 1.84. The van der Waals surface area contributed by atoms with Crippen molar-refractivity contribution in [2.45, 2.75) is 11.4 Å². The van der Waals surface area contributed by atoms with Gasteiger partial charge < -0.3 is 5.11 Å². The summed E-state index contributed by atoms with van der Waals surface area (Å²) in [5.41, 5.74) is 0.293. The number of nitrogens with one attached hydrogen (secondary N) is 1. The van der Waals surface area contributed by atoms with Crippen LogP contribution >= 0.6 is 22.6 Å². The zero-order valence-electron chi connectivity index (χ0n) is 10.1. The van der Waals surface area contributed by atoms with E-state index in [0.29, 0.717) is 9.26 Å². The predicted molar refractivity (Wildman–Crippen MR) is 79.2 cm³/mol. The number of aliphatic hydroxyl groups is 1. The standard InChI is InChI=1S/C11H11FIN3O3S/c12-8-1-2-11(10(13)5-8)15-20(18,19)9-6-14-16(7-9)3-4-17/h1-2,5-7,15,17H,3-4H2. The minimum atomic E-state index is -3.79. The number of nitrogens with zero attached hydrogens (tertiary/aromatic N) is 2. The van der Waals surface area contributed by atoms with Crippen molar-refractivity contribution >= 4 is 38.3 Å². The highest BCUT2D eigenvalue weighted by Crippen LogP contribution is 2.22. The fourth-order valence-electron chi connectivity index (χ4n) is 1.48. The van der Waals surface area contributed by atoms with Crippen LogP contribution in [0.3, 0.4) is 0 Å². The second kappa shape index (κ2) is 6.06. The third-order valence-corrected chi connectivity index (χ3v) is 4.64. The second-order valence-electron chi connectivity index (χ2n) is 3.89. The Hall–Kier alpha value is -1.20. The van der Waals surface area contributed by atoms with Gasteiger partial charge in [0.15, 0.2) is 0 Å². The van der Waals surface area contributed by atoms with Crippen LogP contribution in [0.15, 0.2) is 35.5 Å². The monoisotopic (exact) mass is 411 g/mol. The van der Waals surface area contributed by atoms with Crippen molar-refractivity contribution in [3.63, 3.8) is 0 Å². The van der Waals surface area contributed by atoms with Crippen LogP contribution in [-0.4, -0.2) is 29.9 Å². The average Bonchev–Trinajstić information content (AvgIpc) is 2.83. The van der Waals surface area contributed by atoms with Crippen molar-refractivity contribution in [2.75, 3.05) is 11.3 Å². The molecule has 1 heterocycles. The average molecular weight is 411 g/mol. The number of hydrogen-bond donors (Lipinski definition) is 2. The van der Waals surface area contributed by atoms with E-state index in [1.807, 2.05) is 22.6 Å². The summed E-state index contributed by atoms with van der Waals surface area (Å²) < 4.78 is 41.4. The Morgan fingerprint density at radius 1 is 1.45 bits per heavy atom. The minimum absolute atomic E-state index is 0.0222. The second-order valence-corrected chi connectivity index (χ2v) is 6.74. The molecule has 1 aromatic heterocycles. The number of sulfonamides is 1. The molecule has 2 aromatic rings. The van der Waals surface area contributed by atoms with Gasteiger partial charge in [0.2, 0.25) is 0 Å². The molecule has 0 fully saturated rings. The van der Waals surface area contributed by atoms with E-state index >= 15 is 0 Å². The minimum Gasteiger partial charge on any atom is -0.394 e. The molecule has 0 aliphatic heterocycles. The first-order valence-corrected chi connectivity index (χ1v) is 8.10. The lowest BCUT2D eigenvalue weighted by molar-refractivity contribution is 0.269. The van der Waals surface area contributed by atoms with Crippen molar-refractivity contribution in [3.05, 3.63) is 40.0 Å². The van der Waals surface area contributed by atoms with Crippen LogP contribution in [0.5, 0.6) is 0 Å². The Bertz CT molecular complexity index is 717. The first-order valence-electron chi connectivity index (χ1n) is 5.53. The quantitative estimate of drug-likeness (QED) is 0.730. The number of hydrogen-bond acceptors (Lipinski definition) is 4. The molecule has 0 radical (unpaired) electrons.